The van der Waals surface area contributed by atoms with Gasteiger partial charge in [-0.2, -0.15) is 0 Å². The largest absolute Gasteiger partial charge is 0.481 e. The number of carboxylic acids is 1. The van der Waals surface area contributed by atoms with Crippen molar-refractivity contribution in [2.75, 3.05) is 20.6 Å². The predicted octanol–water partition coefficient (Wildman–Crippen LogP) is 0.263. The van der Waals surface area contributed by atoms with E-state index in [2.05, 4.69) is 10.7 Å². The fourth-order valence-corrected chi connectivity index (χ4v) is 0.981. The van der Waals surface area contributed by atoms with Crippen LogP contribution < -0.4 is 10.7 Å². The van der Waals surface area contributed by atoms with Crippen molar-refractivity contribution in [3.63, 3.8) is 0 Å². The molecule has 6 nitrogen and oxygen atoms in total. The number of carbonyl (C=O) groups excluding carboxylic acids is 1. The molecule has 15 heavy (non-hydrogen) atoms. The number of hydrogen-bond donors (Lipinski definition) is 3. The van der Waals surface area contributed by atoms with Gasteiger partial charge in [-0.05, 0) is 12.3 Å². The number of rotatable bonds is 6. The molecule has 0 rings (SSSR count). The Hall–Kier alpha value is -1.30. The van der Waals surface area contributed by atoms with Gasteiger partial charge in [-0.1, -0.05) is 6.92 Å². The number of nitrogens with one attached hydrogen (secondary N) is 2. The lowest BCUT2D eigenvalue weighted by atomic mass is 10.1. The zero-order valence-electron chi connectivity index (χ0n) is 9.41. The molecule has 0 radical (unpaired) electrons. The number of hydrogen-bond acceptors (Lipinski definition) is 3. The van der Waals surface area contributed by atoms with Crippen LogP contribution in [-0.4, -0.2) is 42.8 Å². The van der Waals surface area contributed by atoms with E-state index >= 15 is 0 Å². The molecular formula is C9H19N3O3. The molecule has 0 bridgehead atoms. The van der Waals surface area contributed by atoms with Crippen molar-refractivity contribution in [2.24, 2.45) is 5.92 Å². The third-order valence-electron chi connectivity index (χ3n) is 1.79. The van der Waals surface area contributed by atoms with Crippen molar-refractivity contribution in [3.8, 4) is 0 Å². The van der Waals surface area contributed by atoms with Gasteiger partial charge in [-0.15, -0.1) is 0 Å². The minimum Gasteiger partial charge on any atom is -0.481 e. The summed E-state index contributed by atoms with van der Waals surface area (Å²) in [6, 6.07) is -0.276. The molecule has 0 aliphatic heterocycles. The maximum atomic E-state index is 11.1. The molecule has 0 aromatic carbocycles. The summed E-state index contributed by atoms with van der Waals surface area (Å²) in [5.41, 5.74) is 2.53. The smallest absolute Gasteiger partial charge is 0.329 e. The average molecular weight is 217 g/mol. The van der Waals surface area contributed by atoms with E-state index in [1.165, 1.54) is 5.01 Å². The first kappa shape index (κ1) is 13.7. The van der Waals surface area contributed by atoms with Crippen LogP contribution >= 0.6 is 0 Å². The van der Waals surface area contributed by atoms with Crippen molar-refractivity contribution in [1.82, 2.24) is 15.8 Å². The molecule has 0 saturated heterocycles. The lowest BCUT2D eigenvalue weighted by molar-refractivity contribution is -0.137. The van der Waals surface area contributed by atoms with Crippen molar-refractivity contribution >= 4 is 12.0 Å². The highest BCUT2D eigenvalue weighted by molar-refractivity contribution is 5.73. The zero-order chi connectivity index (χ0) is 11.8. The molecule has 0 aliphatic rings. The summed E-state index contributed by atoms with van der Waals surface area (Å²) in [7, 11) is 3.43. The number of hydrazine groups is 1. The Morgan fingerprint density at radius 3 is 2.47 bits per heavy atom. The van der Waals surface area contributed by atoms with Crippen molar-refractivity contribution in [3.05, 3.63) is 0 Å². The average Bonchev–Trinajstić information content (AvgIpc) is 2.10. The lowest BCUT2D eigenvalue weighted by Crippen LogP contribution is -2.44. The summed E-state index contributed by atoms with van der Waals surface area (Å²) in [4.78, 5) is 21.4. The van der Waals surface area contributed by atoms with E-state index in [1.54, 1.807) is 14.1 Å². The van der Waals surface area contributed by atoms with Gasteiger partial charge in [-0.3, -0.25) is 10.2 Å². The molecule has 3 N–H and O–H groups in total. The SMILES string of the molecule is CC(CCC(=O)O)CNC(=O)NN(C)C. The summed E-state index contributed by atoms with van der Waals surface area (Å²) in [5, 5.41) is 12.6. The number of aliphatic carboxylic acids is 1. The molecular weight excluding hydrogens is 198 g/mol. The van der Waals surface area contributed by atoms with Crippen LogP contribution in [0.15, 0.2) is 0 Å². The van der Waals surface area contributed by atoms with Crippen LogP contribution in [0.5, 0.6) is 0 Å². The van der Waals surface area contributed by atoms with Crippen LogP contribution in [0.2, 0.25) is 0 Å². The van der Waals surface area contributed by atoms with Gasteiger partial charge in [0.1, 0.15) is 0 Å². The topological polar surface area (TPSA) is 81.7 Å². The zero-order valence-corrected chi connectivity index (χ0v) is 9.41. The van der Waals surface area contributed by atoms with Gasteiger partial charge in [0.15, 0.2) is 0 Å². The maximum absolute atomic E-state index is 11.1. The summed E-state index contributed by atoms with van der Waals surface area (Å²) < 4.78 is 0. The van der Waals surface area contributed by atoms with Crippen LogP contribution in [0.1, 0.15) is 19.8 Å². The third kappa shape index (κ3) is 9.01. The summed E-state index contributed by atoms with van der Waals surface area (Å²) in [5.74, 6) is -0.645. The Balaban J connectivity index is 3.57. The molecule has 0 aromatic rings. The van der Waals surface area contributed by atoms with E-state index in [4.69, 9.17) is 5.11 Å². The van der Waals surface area contributed by atoms with Crippen molar-refractivity contribution in [1.29, 1.82) is 0 Å². The van der Waals surface area contributed by atoms with E-state index in [0.717, 1.165) is 0 Å². The Kier molecular flexibility index (Phi) is 6.44. The fourth-order valence-electron chi connectivity index (χ4n) is 0.981. The van der Waals surface area contributed by atoms with E-state index in [-0.39, 0.29) is 18.4 Å². The Morgan fingerprint density at radius 2 is 2.00 bits per heavy atom. The van der Waals surface area contributed by atoms with E-state index in [9.17, 15) is 9.59 Å². The molecule has 1 atom stereocenters. The second kappa shape index (κ2) is 7.05. The molecule has 0 saturated carbocycles. The summed E-state index contributed by atoms with van der Waals surface area (Å²) in [6.07, 6.45) is 0.704. The molecule has 0 aromatic heterocycles. The van der Waals surface area contributed by atoms with Crippen LogP contribution in [0.4, 0.5) is 4.79 Å². The number of carbonyl (C=O) groups is 2. The molecule has 0 fully saturated rings. The van der Waals surface area contributed by atoms with Gasteiger partial charge in [0.05, 0.1) is 0 Å². The number of nitrogens with zero attached hydrogens (tertiary/aromatic N) is 1. The second-order valence-electron chi connectivity index (χ2n) is 3.75. The molecule has 0 heterocycles. The van der Waals surface area contributed by atoms with Gasteiger partial charge in [0, 0.05) is 27.1 Å². The standard InChI is InChI=1S/C9H19N3O3/c1-7(4-5-8(13)14)6-10-9(15)11-12(2)3/h7H,4-6H2,1-3H3,(H,13,14)(H2,10,11,15). The normalized spacial score (nSPS) is 12.3. The van der Waals surface area contributed by atoms with Gasteiger partial charge in [-0.25, -0.2) is 9.80 Å². The Bertz CT molecular complexity index is 219. The van der Waals surface area contributed by atoms with Gasteiger partial charge in [0.25, 0.3) is 0 Å². The van der Waals surface area contributed by atoms with E-state index in [1.807, 2.05) is 6.92 Å². The monoisotopic (exact) mass is 217 g/mol. The molecule has 2 amide bonds. The summed E-state index contributed by atoms with van der Waals surface area (Å²) >= 11 is 0. The minimum absolute atomic E-state index is 0.137. The van der Waals surface area contributed by atoms with Crippen LogP contribution in [0.25, 0.3) is 0 Å². The highest BCUT2D eigenvalue weighted by Gasteiger charge is 2.07. The first-order valence-corrected chi connectivity index (χ1v) is 4.85. The number of amides is 2. The number of carboxylic acid groups (broad SMARTS) is 1. The van der Waals surface area contributed by atoms with Crippen molar-refractivity contribution < 1.29 is 14.7 Å². The maximum Gasteiger partial charge on any atom is 0.329 e. The van der Waals surface area contributed by atoms with Crippen LogP contribution in [0, 0.1) is 5.92 Å². The highest BCUT2D eigenvalue weighted by atomic mass is 16.4. The van der Waals surface area contributed by atoms with Gasteiger partial charge in [0.2, 0.25) is 0 Å². The Labute approximate surface area is 89.6 Å². The third-order valence-corrected chi connectivity index (χ3v) is 1.79. The fraction of sp³-hybridized carbons (Fsp3) is 0.778. The van der Waals surface area contributed by atoms with E-state index < -0.39 is 5.97 Å². The molecule has 88 valence electrons. The molecule has 0 spiro atoms. The van der Waals surface area contributed by atoms with E-state index in [0.29, 0.717) is 13.0 Å². The first-order valence-electron chi connectivity index (χ1n) is 4.85. The highest BCUT2D eigenvalue weighted by Crippen LogP contribution is 2.03. The molecule has 0 aliphatic carbocycles. The Morgan fingerprint density at radius 1 is 1.40 bits per heavy atom. The molecule has 1 unspecified atom stereocenters. The number of urea groups is 1. The first-order chi connectivity index (χ1) is 6.91. The van der Waals surface area contributed by atoms with Crippen molar-refractivity contribution in [2.45, 2.75) is 19.8 Å². The van der Waals surface area contributed by atoms with Crippen LogP contribution in [0.3, 0.4) is 0 Å². The van der Waals surface area contributed by atoms with Gasteiger partial charge < -0.3 is 10.4 Å². The second-order valence-corrected chi connectivity index (χ2v) is 3.75. The minimum atomic E-state index is -0.806. The van der Waals surface area contributed by atoms with Gasteiger partial charge >= 0.3 is 12.0 Å². The van der Waals surface area contributed by atoms with Crippen LogP contribution in [-0.2, 0) is 4.79 Å². The molecule has 6 heteroatoms. The summed E-state index contributed by atoms with van der Waals surface area (Å²) in [6.45, 7) is 2.38. The predicted molar refractivity (Wildman–Crippen MR) is 56.3 cm³/mol. The lowest BCUT2D eigenvalue weighted by Gasteiger charge is -2.15. The quantitative estimate of drug-likeness (QED) is 0.557.